The number of rotatable bonds is 4. The minimum Gasteiger partial charge on any atom is -0.496 e. The molecule has 6 nitrogen and oxygen atoms in total. The van der Waals surface area contributed by atoms with Crippen LogP contribution in [0.15, 0.2) is 18.2 Å². The van der Waals surface area contributed by atoms with Crippen molar-refractivity contribution in [1.29, 1.82) is 0 Å². The topological polar surface area (TPSA) is 67.9 Å². The van der Waals surface area contributed by atoms with Crippen LogP contribution in [0.5, 0.6) is 5.75 Å². The first-order chi connectivity index (χ1) is 12.1. The van der Waals surface area contributed by atoms with E-state index in [0.29, 0.717) is 19.6 Å². The predicted molar refractivity (Wildman–Crippen MR) is 94.7 cm³/mol. The number of likely N-dealkylation sites (tertiary alicyclic amines) is 1. The molecule has 0 spiro atoms. The van der Waals surface area contributed by atoms with Gasteiger partial charge >= 0.3 is 0 Å². The highest BCUT2D eigenvalue weighted by atomic mass is 16.5. The van der Waals surface area contributed by atoms with E-state index in [9.17, 15) is 9.59 Å². The van der Waals surface area contributed by atoms with Gasteiger partial charge in [0.2, 0.25) is 5.91 Å². The molecule has 2 amide bonds. The fourth-order valence-electron chi connectivity index (χ4n) is 3.61. The third kappa shape index (κ3) is 3.95. The van der Waals surface area contributed by atoms with E-state index in [4.69, 9.17) is 9.47 Å². The molecule has 6 heteroatoms. The summed E-state index contributed by atoms with van der Waals surface area (Å²) in [5, 5.41) is 2.95. The average Bonchev–Trinajstić information content (AvgIpc) is 3.16. The molecular weight excluding hydrogens is 320 g/mol. The molecule has 2 heterocycles. The molecule has 2 fully saturated rings. The van der Waals surface area contributed by atoms with Gasteiger partial charge in [-0.25, -0.2) is 0 Å². The summed E-state index contributed by atoms with van der Waals surface area (Å²) in [5.74, 6) is 0.615. The molecule has 0 bridgehead atoms. The second kappa shape index (κ2) is 7.87. The Hall–Kier alpha value is -2.08. The van der Waals surface area contributed by atoms with E-state index < -0.39 is 6.04 Å². The van der Waals surface area contributed by atoms with E-state index in [1.165, 1.54) is 0 Å². The fraction of sp³-hybridized carbons (Fsp3) is 0.579. The number of nitrogens with zero attached hydrogens (tertiary/aromatic N) is 1. The molecule has 2 aliphatic heterocycles. The Morgan fingerprint density at radius 2 is 2.08 bits per heavy atom. The van der Waals surface area contributed by atoms with Gasteiger partial charge in [0.15, 0.2) is 0 Å². The third-order valence-corrected chi connectivity index (χ3v) is 4.96. The molecule has 0 aliphatic carbocycles. The number of hydrogen-bond acceptors (Lipinski definition) is 4. The first-order valence-corrected chi connectivity index (χ1v) is 8.97. The Bertz CT molecular complexity index is 640. The number of nitrogens with one attached hydrogen (secondary N) is 1. The highest BCUT2D eigenvalue weighted by Gasteiger charge is 2.37. The zero-order chi connectivity index (χ0) is 17.8. The van der Waals surface area contributed by atoms with Crippen LogP contribution in [-0.2, 0) is 14.3 Å². The van der Waals surface area contributed by atoms with E-state index in [2.05, 4.69) is 5.32 Å². The van der Waals surface area contributed by atoms with Crippen LogP contribution in [0.3, 0.4) is 0 Å². The Kier molecular flexibility index (Phi) is 5.58. The molecule has 136 valence electrons. The van der Waals surface area contributed by atoms with Gasteiger partial charge in [0.1, 0.15) is 17.9 Å². The standard InChI is InChI=1S/C19H26N2O4/c1-13-12-14(8-9-16(13)24-2)20-18(22)15-6-3-4-10-21(15)19(23)17-7-5-11-25-17/h8-9,12,15,17H,3-7,10-11H2,1-2H3,(H,20,22)/t15-,17+/m1/s1. The minimum atomic E-state index is -0.423. The zero-order valence-corrected chi connectivity index (χ0v) is 14.9. The summed E-state index contributed by atoms with van der Waals surface area (Å²) in [6.45, 7) is 3.19. The summed E-state index contributed by atoms with van der Waals surface area (Å²) in [7, 11) is 1.62. The molecule has 0 unspecified atom stereocenters. The molecule has 1 N–H and O–H groups in total. The van der Waals surface area contributed by atoms with Gasteiger partial charge in [0.25, 0.3) is 5.91 Å². The average molecular weight is 346 g/mol. The van der Waals surface area contributed by atoms with Gasteiger partial charge in [0.05, 0.1) is 7.11 Å². The van der Waals surface area contributed by atoms with Gasteiger partial charge < -0.3 is 19.7 Å². The lowest BCUT2D eigenvalue weighted by atomic mass is 10.00. The number of ether oxygens (including phenoxy) is 2. The van der Waals surface area contributed by atoms with Gasteiger partial charge in [-0.1, -0.05) is 0 Å². The highest BCUT2D eigenvalue weighted by Crippen LogP contribution is 2.25. The summed E-state index contributed by atoms with van der Waals surface area (Å²) in [6, 6.07) is 5.11. The van der Waals surface area contributed by atoms with Crippen molar-refractivity contribution in [3.05, 3.63) is 23.8 Å². The van der Waals surface area contributed by atoms with Crippen LogP contribution >= 0.6 is 0 Å². The molecule has 3 rings (SSSR count). The minimum absolute atomic E-state index is 0.0386. The van der Waals surface area contributed by atoms with E-state index in [-0.39, 0.29) is 17.9 Å². The van der Waals surface area contributed by atoms with Crippen LogP contribution in [0.2, 0.25) is 0 Å². The van der Waals surface area contributed by atoms with E-state index in [1.807, 2.05) is 25.1 Å². The largest absolute Gasteiger partial charge is 0.496 e. The van der Waals surface area contributed by atoms with Crippen LogP contribution in [0.25, 0.3) is 0 Å². The maximum Gasteiger partial charge on any atom is 0.252 e. The molecule has 1 aromatic rings. The summed E-state index contributed by atoms with van der Waals surface area (Å²) in [4.78, 5) is 27.2. The lowest BCUT2D eigenvalue weighted by molar-refractivity contribution is -0.148. The fourth-order valence-corrected chi connectivity index (χ4v) is 3.61. The molecule has 2 saturated heterocycles. The Labute approximate surface area is 148 Å². The maximum atomic E-state index is 12.8. The molecule has 1 aromatic carbocycles. The van der Waals surface area contributed by atoms with Crippen LogP contribution in [0.1, 0.15) is 37.7 Å². The quantitative estimate of drug-likeness (QED) is 0.909. The first kappa shape index (κ1) is 17.7. The number of amides is 2. The lowest BCUT2D eigenvalue weighted by Gasteiger charge is -2.36. The number of anilines is 1. The van der Waals surface area contributed by atoms with Gasteiger partial charge in [0, 0.05) is 18.8 Å². The summed E-state index contributed by atoms with van der Waals surface area (Å²) in [6.07, 6.45) is 3.86. The van der Waals surface area contributed by atoms with E-state index in [0.717, 1.165) is 42.7 Å². The SMILES string of the molecule is COc1ccc(NC(=O)[C@H]2CCCCN2C(=O)[C@@H]2CCCO2)cc1C. The molecule has 0 aromatic heterocycles. The maximum absolute atomic E-state index is 12.8. The number of piperidine rings is 1. The molecule has 25 heavy (non-hydrogen) atoms. The van der Waals surface area contributed by atoms with Gasteiger partial charge in [-0.3, -0.25) is 9.59 Å². The van der Waals surface area contributed by atoms with Gasteiger partial charge in [-0.05, 0) is 62.8 Å². The normalized spacial score (nSPS) is 23.4. The number of hydrogen-bond donors (Lipinski definition) is 1. The second-order valence-corrected chi connectivity index (χ2v) is 6.72. The number of benzene rings is 1. The molecule has 2 atom stereocenters. The van der Waals surface area contributed by atoms with Crippen molar-refractivity contribution in [3.8, 4) is 5.75 Å². The van der Waals surface area contributed by atoms with Crippen molar-refractivity contribution in [2.75, 3.05) is 25.6 Å². The number of aryl methyl sites for hydroxylation is 1. The van der Waals surface area contributed by atoms with Crippen LogP contribution in [0.4, 0.5) is 5.69 Å². The van der Waals surface area contributed by atoms with E-state index >= 15 is 0 Å². The summed E-state index contributed by atoms with van der Waals surface area (Å²) in [5.41, 5.74) is 1.68. The monoisotopic (exact) mass is 346 g/mol. The first-order valence-electron chi connectivity index (χ1n) is 8.97. The number of methoxy groups -OCH3 is 1. The zero-order valence-electron chi connectivity index (χ0n) is 14.9. The molecular formula is C19H26N2O4. The predicted octanol–water partition coefficient (Wildman–Crippen LogP) is 2.50. The van der Waals surface area contributed by atoms with Crippen molar-refractivity contribution in [3.63, 3.8) is 0 Å². The van der Waals surface area contributed by atoms with Crippen molar-refractivity contribution >= 4 is 17.5 Å². The van der Waals surface area contributed by atoms with Crippen LogP contribution in [-0.4, -0.2) is 49.1 Å². The van der Waals surface area contributed by atoms with Crippen molar-refractivity contribution < 1.29 is 19.1 Å². The number of carbonyl (C=O) groups excluding carboxylic acids is 2. The van der Waals surface area contributed by atoms with Gasteiger partial charge in [-0.2, -0.15) is 0 Å². The van der Waals surface area contributed by atoms with Gasteiger partial charge in [-0.15, -0.1) is 0 Å². The Morgan fingerprint density at radius 3 is 2.76 bits per heavy atom. The Balaban J connectivity index is 1.70. The van der Waals surface area contributed by atoms with Crippen molar-refractivity contribution in [2.45, 2.75) is 51.2 Å². The lowest BCUT2D eigenvalue weighted by Crippen LogP contribution is -2.52. The molecule has 0 radical (unpaired) electrons. The second-order valence-electron chi connectivity index (χ2n) is 6.72. The van der Waals surface area contributed by atoms with Crippen molar-refractivity contribution in [2.24, 2.45) is 0 Å². The third-order valence-electron chi connectivity index (χ3n) is 4.96. The number of carbonyl (C=O) groups is 2. The van der Waals surface area contributed by atoms with Crippen molar-refractivity contribution in [1.82, 2.24) is 4.90 Å². The Morgan fingerprint density at radius 1 is 1.24 bits per heavy atom. The van der Waals surface area contributed by atoms with E-state index in [1.54, 1.807) is 12.0 Å². The summed E-state index contributed by atoms with van der Waals surface area (Å²) < 4.78 is 10.8. The van der Waals surface area contributed by atoms with Crippen LogP contribution in [0, 0.1) is 6.92 Å². The van der Waals surface area contributed by atoms with Crippen LogP contribution < -0.4 is 10.1 Å². The molecule has 0 saturated carbocycles. The smallest absolute Gasteiger partial charge is 0.252 e. The molecule has 2 aliphatic rings. The summed E-state index contributed by atoms with van der Waals surface area (Å²) >= 11 is 0. The highest BCUT2D eigenvalue weighted by molar-refractivity contribution is 5.98.